The molecule has 1 aromatic carbocycles. The Balaban J connectivity index is 2.43. The molecule has 0 saturated heterocycles. The first-order valence-electron chi connectivity index (χ1n) is 5.10. The molecule has 1 amide bonds. The Labute approximate surface area is 99.9 Å². The fourth-order valence-corrected chi connectivity index (χ4v) is 1.91. The molecule has 84 valence electrons. The van der Waals surface area contributed by atoms with Crippen LogP contribution in [0.25, 0.3) is 10.9 Å². The van der Waals surface area contributed by atoms with E-state index in [0.717, 1.165) is 16.8 Å². The molecular weight excluding hydrogens is 220 g/mol. The number of nitrogens with one attached hydrogen (secondary N) is 1. The van der Waals surface area contributed by atoms with Crippen molar-refractivity contribution in [3.05, 3.63) is 35.5 Å². The fourth-order valence-electron chi connectivity index (χ4n) is 1.84. The molecule has 0 radical (unpaired) electrons. The number of aryl methyl sites for hydroxylation is 1. The highest BCUT2D eigenvalue weighted by atomic mass is 32.1. The van der Waals surface area contributed by atoms with E-state index in [0.29, 0.717) is 6.54 Å². The molecule has 0 aliphatic carbocycles. The van der Waals surface area contributed by atoms with Crippen molar-refractivity contribution in [2.75, 3.05) is 7.05 Å². The van der Waals surface area contributed by atoms with Crippen LogP contribution in [0.1, 0.15) is 11.3 Å². The van der Waals surface area contributed by atoms with E-state index in [4.69, 9.17) is 0 Å². The molecule has 2 rings (SSSR count). The van der Waals surface area contributed by atoms with Crippen molar-refractivity contribution in [3.8, 4) is 0 Å². The summed E-state index contributed by atoms with van der Waals surface area (Å²) >= 11 is 3.81. The number of hydrogen-bond donors (Lipinski definition) is 2. The average molecular weight is 234 g/mol. The first kappa shape index (κ1) is 11.1. The van der Waals surface area contributed by atoms with Crippen LogP contribution < -0.4 is 0 Å². The van der Waals surface area contributed by atoms with Gasteiger partial charge in [0.2, 0.25) is 0 Å². The van der Waals surface area contributed by atoms with Crippen LogP contribution >= 0.6 is 12.6 Å². The van der Waals surface area contributed by atoms with E-state index in [1.165, 1.54) is 5.39 Å². The van der Waals surface area contributed by atoms with Gasteiger partial charge in [0.1, 0.15) is 0 Å². The topological polar surface area (TPSA) is 36.1 Å². The molecule has 1 N–H and O–H groups in total. The third kappa shape index (κ3) is 1.93. The summed E-state index contributed by atoms with van der Waals surface area (Å²) in [4.78, 5) is 16.0. The van der Waals surface area contributed by atoms with Gasteiger partial charge in [0.15, 0.2) is 0 Å². The van der Waals surface area contributed by atoms with Crippen LogP contribution in [0.3, 0.4) is 0 Å². The monoisotopic (exact) mass is 234 g/mol. The zero-order valence-electron chi connectivity index (χ0n) is 9.32. The number of benzene rings is 1. The Morgan fingerprint density at radius 1 is 1.44 bits per heavy atom. The first-order valence-corrected chi connectivity index (χ1v) is 5.54. The van der Waals surface area contributed by atoms with E-state index >= 15 is 0 Å². The number of carbonyl (C=O) groups excluding carboxylic acids is 1. The second-order valence-electron chi connectivity index (χ2n) is 3.91. The Kier molecular flexibility index (Phi) is 2.92. The fraction of sp³-hybridized carbons (Fsp3) is 0.250. The molecular formula is C12H14N2OS. The van der Waals surface area contributed by atoms with Crippen LogP contribution in [-0.4, -0.2) is 22.2 Å². The summed E-state index contributed by atoms with van der Waals surface area (Å²) in [5.74, 6) is 0. The molecule has 0 aliphatic heterocycles. The van der Waals surface area contributed by atoms with E-state index in [1.54, 1.807) is 11.9 Å². The highest BCUT2D eigenvalue weighted by Crippen LogP contribution is 2.23. The van der Waals surface area contributed by atoms with Crippen LogP contribution in [0.2, 0.25) is 0 Å². The van der Waals surface area contributed by atoms with E-state index < -0.39 is 0 Å². The second kappa shape index (κ2) is 4.22. The van der Waals surface area contributed by atoms with Crippen LogP contribution in [0.15, 0.2) is 24.3 Å². The zero-order chi connectivity index (χ0) is 11.7. The largest absolute Gasteiger partial charge is 0.358 e. The number of fused-ring (bicyclic) bond motifs is 1. The number of rotatable bonds is 2. The summed E-state index contributed by atoms with van der Waals surface area (Å²) < 4.78 is 0. The maximum Gasteiger partial charge on any atom is 0.278 e. The van der Waals surface area contributed by atoms with Gasteiger partial charge in [0, 0.05) is 30.2 Å². The average Bonchev–Trinajstić information content (AvgIpc) is 2.55. The summed E-state index contributed by atoms with van der Waals surface area (Å²) in [7, 11) is 1.75. The lowest BCUT2D eigenvalue weighted by Crippen LogP contribution is -2.20. The number of nitrogens with zero attached hydrogens (tertiary/aromatic N) is 1. The predicted octanol–water partition coefficient (Wildman–Crippen LogP) is 2.96. The molecule has 0 aliphatic rings. The molecule has 0 spiro atoms. The van der Waals surface area contributed by atoms with Crippen molar-refractivity contribution in [3.63, 3.8) is 0 Å². The lowest BCUT2D eigenvalue weighted by atomic mass is 10.1. The predicted molar refractivity (Wildman–Crippen MR) is 68.9 cm³/mol. The van der Waals surface area contributed by atoms with Crippen molar-refractivity contribution >= 4 is 28.8 Å². The number of amides is 1. The molecule has 3 nitrogen and oxygen atoms in total. The van der Waals surface area contributed by atoms with Gasteiger partial charge in [-0.25, -0.2) is 0 Å². The third-order valence-corrected chi connectivity index (χ3v) is 3.09. The number of carbonyl (C=O) groups is 1. The van der Waals surface area contributed by atoms with Crippen LogP contribution in [0, 0.1) is 6.92 Å². The van der Waals surface area contributed by atoms with Crippen molar-refractivity contribution in [2.45, 2.75) is 13.5 Å². The minimum absolute atomic E-state index is 0.218. The minimum atomic E-state index is -0.218. The van der Waals surface area contributed by atoms with Crippen LogP contribution in [-0.2, 0) is 6.54 Å². The van der Waals surface area contributed by atoms with Crippen molar-refractivity contribution in [1.82, 2.24) is 9.88 Å². The van der Waals surface area contributed by atoms with Gasteiger partial charge >= 0.3 is 0 Å². The molecule has 0 bridgehead atoms. The normalized spacial score (nSPS) is 10.7. The molecule has 0 unspecified atom stereocenters. The summed E-state index contributed by atoms with van der Waals surface area (Å²) in [5, 5.41) is 0.950. The van der Waals surface area contributed by atoms with Gasteiger partial charge in [-0.15, -0.1) is 0 Å². The maximum atomic E-state index is 11.1. The van der Waals surface area contributed by atoms with Gasteiger partial charge in [-0.2, -0.15) is 0 Å². The number of aromatic nitrogens is 1. The molecule has 4 heteroatoms. The summed E-state index contributed by atoms with van der Waals surface area (Å²) in [6.45, 7) is 2.60. The maximum absolute atomic E-state index is 11.1. The van der Waals surface area contributed by atoms with E-state index in [9.17, 15) is 4.79 Å². The number of thiol groups is 1. The lowest BCUT2D eigenvalue weighted by Gasteiger charge is -2.13. The number of H-pyrrole nitrogens is 1. The Hall–Kier alpha value is -1.42. The van der Waals surface area contributed by atoms with Gasteiger partial charge in [0.25, 0.3) is 5.24 Å². The number of hydrogen-bond acceptors (Lipinski definition) is 1. The Bertz CT molecular complexity index is 533. The smallest absolute Gasteiger partial charge is 0.278 e. The Morgan fingerprint density at radius 3 is 2.81 bits per heavy atom. The van der Waals surface area contributed by atoms with Crippen molar-refractivity contribution in [2.24, 2.45) is 0 Å². The van der Waals surface area contributed by atoms with Gasteiger partial charge in [-0.1, -0.05) is 30.8 Å². The SMILES string of the molecule is Cc1[nH]c2ccccc2c1CN(C)C(=O)S. The van der Waals surface area contributed by atoms with Gasteiger partial charge < -0.3 is 9.88 Å². The molecule has 1 aromatic heterocycles. The molecule has 16 heavy (non-hydrogen) atoms. The standard InChI is InChI=1S/C12H14N2OS/c1-8-10(7-14(2)12(15)16)9-5-3-4-6-11(9)13-8/h3-6,13H,7H2,1-2H3,(H,15,16). The third-order valence-electron chi connectivity index (χ3n) is 2.75. The van der Waals surface area contributed by atoms with Crippen LogP contribution in [0.4, 0.5) is 4.79 Å². The molecule has 1 heterocycles. The van der Waals surface area contributed by atoms with Crippen molar-refractivity contribution in [1.29, 1.82) is 0 Å². The summed E-state index contributed by atoms with van der Waals surface area (Å²) in [6, 6.07) is 8.09. The molecule has 2 aromatic rings. The summed E-state index contributed by atoms with van der Waals surface area (Å²) in [6.07, 6.45) is 0. The quantitative estimate of drug-likeness (QED) is 0.770. The highest BCUT2D eigenvalue weighted by molar-refractivity contribution is 7.96. The highest BCUT2D eigenvalue weighted by Gasteiger charge is 2.11. The van der Waals surface area contributed by atoms with Crippen molar-refractivity contribution < 1.29 is 4.79 Å². The Morgan fingerprint density at radius 2 is 2.12 bits per heavy atom. The lowest BCUT2D eigenvalue weighted by molar-refractivity contribution is 0.232. The number of aromatic amines is 1. The zero-order valence-corrected chi connectivity index (χ0v) is 10.2. The first-order chi connectivity index (χ1) is 7.59. The van der Waals surface area contributed by atoms with Crippen LogP contribution in [0.5, 0.6) is 0 Å². The number of para-hydroxylation sites is 1. The van der Waals surface area contributed by atoms with Gasteiger partial charge in [-0.05, 0) is 18.6 Å². The molecule has 0 saturated carbocycles. The van der Waals surface area contributed by atoms with E-state index in [2.05, 4.69) is 23.7 Å². The van der Waals surface area contributed by atoms with E-state index in [-0.39, 0.29) is 5.24 Å². The molecule has 0 atom stereocenters. The summed E-state index contributed by atoms with van der Waals surface area (Å²) in [5.41, 5.74) is 3.36. The van der Waals surface area contributed by atoms with Gasteiger partial charge in [0.05, 0.1) is 0 Å². The minimum Gasteiger partial charge on any atom is -0.358 e. The molecule has 0 fully saturated rings. The van der Waals surface area contributed by atoms with E-state index in [1.807, 2.05) is 25.1 Å². The van der Waals surface area contributed by atoms with Gasteiger partial charge in [-0.3, -0.25) is 4.79 Å². The second-order valence-corrected chi connectivity index (χ2v) is 4.30.